The van der Waals surface area contributed by atoms with Crippen LogP contribution in [0, 0.1) is 12.3 Å². The van der Waals surface area contributed by atoms with Gasteiger partial charge in [-0.25, -0.2) is 0 Å². The molecule has 5 rings (SSSR count). The van der Waals surface area contributed by atoms with Gasteiger partial charge in [0.25, 0.3) is 11.8 Å². The molecule has 1 atom stereocenters. The molecule has 39 heavy (non-hydrogen) atoms. The van der Waals surface area contributed by atoms with Gasteiger partial charge >= 0.3 is 0 Å². The van der Waals surface area contributed by atoms with Crippen LogP contribution in [0.1, 0.15) is 58.2 Å². The van der Waals surface area contributed by atoms with E-state index in [1.165, 1.54) is 0 Å². The highest BCUT2D eigenvalue weighted by Crippen LogP contribution is 2.41. The molecule has 0 bridgehead atoms. The van der Waals surface area contributed by atoms with Crippen molar-refractivity contribution >= 4 is 29.1 Å². The Hall–Kier alpha value is -4.37. The van der Waals surface area contributed by atoms with E-state index in [4.69, 9.17) is 15.2 Å². The van der Waals surface area contributed by atoms with Crippen molar-refractivity contribution in [1.82, 2.24) is 5.32 Å². The number of nitrogens with zero attached hydrogens (tertiary/aromatic N) is 1. The van der Waals surface area contributed by atoms with Gasteiger partial charge in [0.05, 0.1) is 23.8 Å². The number of nitrogens with one attached hydrogen (secondary N) is 2. The van der Waals surface area contributed by atoms with Gasteiger partial charge < -0.3 is 25.8 Å². The molecule has 0 saturated heterocycles. The van der Waals surface area contributed by atoms with Crippen LogP contribution in [0.25, 0.3) is 0 Å². The number of ether oxygens (including phenoxy) is 2. The Kier molecular flexibility index (Phi) is 7.01. The van der Waals surface area contributed by atoms with E-state index in [0.717, 1.165) is 11.1 Å². The first-order valence-electron chi connectivity index (χ1n) is 12.9. The number of anilines is 2. The largest absolute Gasteiger partial charge is 0.454 e. The third kappa shape index (κ3) is 5.44. The Morgan fingerprint density at radius 3 is 2.49 bits per heavy atom. The van der Waals surface area contributed by atoms with Gasteiger partial charge in [-0.15, -0.1) is 0 Å². The minimum atomic E-state index is -0.574. The van der Waals surface area contributed by atoms with E-state index < -0.39 is 6.04 Å². The van der Waals surface area contributed by atoms with E-state index in [1.54, 1.807) is 41.3 Å². The van der Waals surface area contributed by atoms with Gasteiger partial charge in [0.2, 0.25) is 12.7 Å². The Balaban J connectivity index is 1.56. The molecule has 0 radical (unpaired) electrons. The van der Waals surface area contributed by atoms with E-state index in [9.17, 15) is 14.4 Å². The maximum atomic E-state index is 14.1. The molecule has 0 saturated carbocycles. The summed E-state index contributed by atoms with van der Waals surface area (Å²) in [5, 5.41) is 5.82. The Bertz CT molecular complexity index is 1430. The van der Waals surface area contributed by atoms with Crippen molar-refractivity contribution in [3.63, 3.8) is 0 Å². The molecule has 9 nitrogen and oxygen atoms in total. The lowest BCUT2D eigenvalue weighted by molar-refractivity contribution is -0.116. The molecular weight excluding hydrogens is 496 g/mol. The third-order valence-corrected chi connectivity index (χ3v) is 7.06. The number of rotatable bonds is 6. The van der Waals surface area contributed by atoms with E-state index >= 15 is 0 Å². The van der Waals surface area contributed by atoms with Gasteiger partial charge in [-0.2, -0.15) is 0 Å². The molecule has 2 aliphatic heterocycles. The molecular formula is C30H32N4O5. The molecule has 0 spiro atoms. The van der Waals surface area contributed by atoms with Gasteiger partial charge in [0.15, 0.2) is 11.5 Å². The molecule has 202 valence electrons. The zero-order chi connectivity index (χ0) is 27.7. The van der Waals surface area contributed by atoms with E-state index in [2.05, 4.69) is 10.6 Å². The Labute approximate surface area is 227 Å². The summed E-state index contributed by atoms with van der Waals surface area (Å²) in [5.41, 5.74) is 9.06. The summed E-state index contributed by atoms with van der Waals surface area (Å²) in [6, 6.07) is 17.2. The summed E-state index contributed by atoms with van der Waals surface area (Å²) in [7, 11) is 0. The number of carbonyl (C=O) groups is 3. The zero-order valence-corrected chi connectivity index (χ0v) is 22.2. The van der Waals surface area contributed by atoms with Gasteiger partial charge in [0, 0.05) is 17.7 Å². The minimum Gasteiger partial charge on any atom is -0.454 e. The fourth-order valence-corrected chi connectivity index (χ4v) is 4.59. The van der Waals surface area contributed by atoms with Crippen molar-refractivity contribution < 1.29 is 23.9 Å². The topological polar surface area (TPSA) is 123 Å². The number of fused-ring (bicyclic) bond motifs is 2. The second-order valence-corrected chi connectivity index (χ2v) is 10.7. The predicted molar refractivity (Wildman–Crippen MR) is 148 cm³/mol. The summed E-state index contributed by atoms with van der Waals surface area (Å²) in [6.07, 6.45) is 0.0419. The van der Waals surface area contributed by atoms with Crippen molar-refractivity contribution in [2.24, 2.45) is 11.1 Å². The summed E-state index contributed by atoms with van der Waals surface area (Å²) in [4.78, 5) is 41.8. The maximum absolute atomic E-state index is 14.1. The molecule has 3 aromatic rings. The molecule has 9 heteroatoms. The van der Waals surface area contributed by atoms with E-state index in [1.807, 2.05) is 45.0 Å². The minimum absolute atomic E-state index is 0.0419. The number of hydrogen-bond donors (Lipinski definition) is 3. The van der Waals surface area contributed by atoms with Crippen LogP contribution in [0.2, 0.25) is 0 Å². The van der Waals surface area contributed by atoms with Gasteiger partial charge in [-0.05, 0) is 60.8 Å². The van der Waals surface area contributed by atoms with E-state index in [-0.39, 0.29) is 36.4 Å². The van der Waals surface area contributed by atoms with Crippen molar-refractivity contribution in [3.8, 4) is 11.5 Å². The normalized spacial score (nSPS) is 16.3. The van der Waals surface area contributed by atoms with Crippen molar-refractivity contribution in [1.29, 1.82) is 0 Å². The highest BCUT2D eigenvalue weighted by molar-refractivity contribution is 6.12. The van der Waals surface area contributed by atoms with Crippen LogP contribution in [-0.4, -0.2) is 37.6 Å². The van der Waals surface area contributed by atoms with Crippen LogP contribution < -0.4 is 30.7 Å². The van der Waals surface area contributed by atoms with Crippen LogP contribution >= 0.6 is 0 Å². The van der Waals surface area contributed by atoms with Gasteiger partial charge in [-0.3, -0.25) is 19.3 Å². The summed E-state index contributed by atoms with van der Waals surface area (Å²) in [6.45, 7) is 6.83. The number of carbonyl (C=O) groups excluding carboxylic acids is 3. The lowest BCUT2D eigenvalue weighted by Crippen LogP contribution is -2.38. The quantitative estimate of drug-likeness (QED) is 0.441. The van der Waals surface area contributed by atoms with Crippen LogP contribution in [-0.2, 0) is 4.79 Å². The molecule has 0 fully saturated rings. The number of benzene rings is 3. The summed E-state index contributed by atoms with van der Waals surface area (Å²) in [5.74, 6) is 0.206. The third-order valence-electron chi connectivity index (χ3n) is 7.06. The van der Waals surface area contributed by atoms with Crippen LogP contribution in [0.3, 0.4) is 0 Å². The molecule has 4 N–H and O–H groups in total. The lowest BCUT2D eigenvalue weighted by Gasteiger charge is -2.31. The number of nitrogens with two attached hydrogens (primary N) is 1. The summed E-state index contributed by atoms with van der Waals surface area (Å²) < 4.78 is 10.9. The van der Waals surface area contributed by atoms with Crippen molar-refractivity contribution in [2.75, 3.05) is 30.1 Å². The monoisotopic (exact) mass is 528 g/mol. The molecule has 0 aromatic heterocycles. The second-order valence-electron chi connectivity index (χ2n) is 10.7. The standard InChI is InChI=1S/C30H32N4O5/c1-18-4-6-19(7-5-18)24-14-27(35)33-22-12-20(28(36)32-16-30(2,3)15-31)8-10-23(22)34(24)29(37)21-9-11-25-26(13-21)39-17-38-25/h4-13,24H,14-17,31H2,1-3H3,(H,32,36)(H,33,35). The Morgan fingerprint density at radius 1 is 1.03 bits per heavy atom. The predicted octanol–water partition coefficient (Wildman–Crippen LogP) is 4.17. The first kappa shape index (κ1) is 26.2. The Morgan fingerprint density at radius 2 is 1.74 bits per heavy atom. The van der Waals surface area contributed by atoms with Gasteiger partial charge in [-0.1, -0.05) is 43.7 Å². The molecule has 3 amide bonds. The molecule has 1 unspecified atom stereocenters. The summed E-state index contributed by atoms with van der Waals surface area (Å²) >= 11 is 0. The van der Waals surface area contributed by atoms with E-state index in [0.29, 0.717) is 47.1 Å². The highest BCUT2D eigenvalue weighted by atomic mass is 16.7. The fourth-order valence-electron chi connectivity index (χ4n) is 4.59. The maximum Gasteiger partial charge on any atom is 0.259 e. The van der Waals surface area contributed by atoms with Crippen molar-refractivity contribution in [2.45, 2.75) is 33.2 Å². The first-order chi connectivity index (χ1) is 18.6. The fraction of sp³-hybridized carbons (Fsp3) is 0.300. The van der Waals surface area contributed by atoms with Crippen molar-refractivity contribution in [3.05, 3.63) is 82.9 Å². The molecule has 3 aromatic carbocycles. The van der Waals surface area contributed by atoms with Crippen LogP contribution in [0.5, 0.6) is 11.5 Å². The zero-order valence-electron chi connectivity index (χ0n) is 22.2. The first-order valence-corrected chi connectivity index (χ1v) is 12.9. The molecule has 2 heterocycles. The number of aryl methyl sites for hydroxylation is 1. The van der Waals surface area contributed by atoms with Gasteiger partial charge in [0.1, 0.15) is 0 Å². The highest BCUT2D eigenvalue weighted by Gasteiger charge is 2.35. The number of hydrogen-bond acceptors (Lipinski definition) is 6. The molecule has 0 aliphatic carbocycles. The average molecular weight is 529 g/mol. The second kappa shape index (κ2) is 10.4. The SMILES string of the molecule is Cc1ccc(C2CC(=O)Nc3cc(C(=O)NCC(C)(C)CN)ccc3N2C(=O)c2ccc3c(c2)OCO3)cc1. The smallest absolute Gasteiger partial charge is 0.259 e. The van der Waals surface area contributed by atoms with Crippen LogP contribution in [0.4, 0.5) is 11.4 Å². The molecule has 2 aliphatic rings. The lowest BCUT2D eigenvalue weighted by atomic mass is 9.94. The number of amides is 3. The average Bonchev–Trinajstić information content (AvgIpc) is 3.34. The van der Waals surface area contributed by atoms with Crippen LogP contribution in [0.15, 0.2) is 60.7 Å².